The van der Waals surface area contributed by atoms with Crippen molar-refractivity contribution >= 4 is 5.82 Å². The van der Waals surface area contributed by atoms with E-state index < -0.39 is 12.2 Å². The van der Waals surface area contributed by atoms with E-state index >= 15 is 0 Å². The van der Waals surface area contributed by atoms with Crippen LogP contribution in [0.25, 0.3) is 11.3 Å². The summed E-state index contributed by atoms with van der Waals surface area (Å²) in [7, 11) is 0. The van der Waals surface area contributed by atoms with Gasteiger partial charge in [0.1, 0.15) is 5.82 Å². The minimum atomic E-state index is -4.29. The molecule has 1 aliphatic heterocycles. The molecule has 0 saturated carbocycles. The lowest BCUT2D eigenvalue weighted by molar-refractivity contribution is -0.173. The van der Waals surface area contributed by atoms with Gasteiger partial charge in [-0.25, -0.2) is 4.68 Å². The standard InChI is InChI=1S/C14H14F3N3/c1-9-7-12(14(15,16)17)20-13(18-9)8-11(19-20)10-5-3-2-4-6-10/h2-6,8-9,12,18H,7H2,1H3. The van der Waals surface area contributed by atoms with Gasteiger partial charge in [0, 0.05) is 17.7 Å². The Kier molecular flexibility index (Phi) is 2.96. The number of aromatic nitrogens is 2. The normalized spacial score (nSPS) is 22.2. The van der Waals surface area contributed by atoms with Crippen molar-refractivity contribution in [3.63, 3.8) is 0 Å². The molecule has 0 aliphatic carbocycles. The van der Waals surface area contributed by atoms with Crippen LogP contribution in [-0.2, 0) is 0 Å². The van der Waals surface area contributed by atoms with Crippen LogP contribution in [0.15, 0.2) is 36.4 Å². The van der Waals surface area contributed by atoms with Crippen LogP contribution in [0.1, 0.15) is 19.4 Å². The van der Waals surface area contributed by atoms with E-state index in [-0.39, 0.29) is 12.5 Å². The summed E-state index contributed by atoms with van der Waals surface area (Å²) in [6.45, 7) is 1.75. The average molecular weight is 281 g/mol. The maximum atomic E-state index is 13.1. The first-order valence-corrected chi connectivity index (χ1v) is 6.43. The summed E-state index contributed by atoms with van der Waals surface area (Å²) in [5, 5.41) is 7.19. The summed E-state index contributed by atoms with van der Waals surface area (Å²) in [6.07, 6.45) is -4.29. The number of nitrogens with one attached hydrogen (secondary N) is 1. The number of alkyl halides is 3. The van der Waals surface area contributed by atoms with Crippen LogP contribution < -0.4 is 5.32 Å². The highest BCUT2D eigenvalue weighted by Gasteiger charge is 2.45. The van der Waals surface area contributed by atoms with Gasteiger partial charge in [-0.15, -0.1) is 0 Å². The molecule has 1 N–H and O–H groups in total. The van der Waals surface area contributed by atoms with Crippen molar-refractivity contribution in [1.82, 2.24) is 9.78 Å². The summed E-state index contributed by atoms with van der Waals surface area (Å²) >= 11 is 0. The van der Waals surface area contributed by atoms with Gasteiger partial charge in [-0.05, 0) is 13.3 Å². The van der Waals surface area contributed by atoms with Crippen molar-refractivity contribution in [3.8, 4) is 11.3 Å². The van der Waals surface area contributed by atoms with Gasteiger partial charge >= 0.3 is 6.18 Å². The SMILES string of the molecule is CC1CC(C(F)(F)F)n2nc(-c3ccccc3)cc2N1. The number of hydrogen-bond acceptors (Lipinski definition) is 2. The summed E-state index contributed by atoms with van der Waals surface area (Å²) in [5.41, 5.74) is 1.36. The molecule has 0 saturated heterocycles. The van der Waals surface area contributed by atoms with Crippen LogP contribution in [0.4, 0.5) is 19.0 Å². The van der Waals surface area contributed by atoms with Gasteiger partial charge in [0.2, 0.25) is 0 Å². The minimum absolute atomic E-state index is 0.00753. The highest BCUT2D eigenvalue weighted by atomic mass is 19.4. The van der Waals surface area contributed by atoms with E-state index in [0.717, 1.165) is 10.2 Å². The molecule has 1 aromatic carbocycles. The van der Waals surface area contributed by atoms with Gasteiger partial charge in [0.05, 0.1) is 5.69 Å². The first kappa shape index (κ1) is 13.0. The largest absolute Gasteiger partial charge is 0.410 e. The zero-order valence-corrected chi connectivity index (χ0v) is 10.9. The van der Waals surface area contributed by atoms with Crippen molar-refractivity contribution in [3.05, 3.63) is 36.4 Å². The molecule has 0 radical (unpaired) electrons. The van der Waals surface area contributed by atoms with Crippen LogP contribution in [0.5, 0.6) is 0 Å². The van der Waals surface area contributed by atoms with Gasteiger partial charge in [-0.1, -0.05) is 30.3 Å². The monoisotopic (exact) mass is 281 g/mol. The number of nitrogens with zero attached hydrogens (tertiary/aromatic N) is 2. The highest BCUT2D eigenvalue weighted by molar-refractivity contribution is 5.63. The van der Waals surface area contributed by atoms with Crippen LogP contribution >= 0.6 is 0 Å². The van der Waals surface area contributed by atoms with Crippen molar-refractivity contribution in [2.24, 2.45) is 0 Å². The summed E-state index contributed by atoms with van der Waals surface area (Å²) in [5.74, 6) is 0.421. The third-order valence-corrected chi connectivity index (χ3v) is 3.45. The van der Waals surface area contributed by atoms with Crippen molar-refractivity contribution in [2.45, 2.75) is 31.6 Å². The highest BCUT2D eigenvalue weighted by Crippen LogP contribution is 2.40. The zero-order chi connectivity index (χ0) is 14.3. The van der Waals surface area contributed by atoms with Gasteiger partial charge in [-0.2, -0.15) is 18.3 Å². The quantitative estimate of drug-likeness (QED) is 0.860. The molecule has 6 heteroatoms. The van der Waals surface area contributed by atoms with Crippen molar-refractivity contribution in [1.29, 1.82) is 0 Å². The van der Waals surface area contributed by atoms with Gasteiger partial charge in [0.25, 0.3) is 0 Å². The smallest absolute Gasteiger partial charge is 0.368 e. The lowest BCUT2D eigenvalue weighted by Crippen LogP contribution is -2.37. The summed E-state index contributed by atoms with van der Waals surface area (Å²) in [4.78, 5) is 0. The number of halogens is 3. The molecule has 2 aromatic rings. The molecular formula is C14H14F3N3. The van der Waals surface area contributed by atoms with Crippen LogP contribution in [0.2, 0.25) is 0 Å². The maximum absolute atomic E-state index is 13.1. The Morgan fingerprint density at radius 3 is 2.60 bits per heavy atom. The van der Waals surface area contributed by atoms with E-state index in [1.165, 1.54) is 0 Å². The average Bonchev–Trinajstić information content (AvgIpc) is 2.81. The molecule has 20 heavy (non-hydrogen) atoms. The number of hydrogen-bond donors (Lipinski definition) is 1. The first-order valence-electron chi connectivity index (χ1n) is 6.43. The molecular weight excluding hydrogens is 267 g/mol. The predicted molar refractivity (Wildman–Crippen MR) is 70.5 cm³/mol. The topological polar surface area (TPSA) is 29.9 Å². The van der Waals surface area contributed by atoms with Crippen molar-refractivity contribution in [2.75, 3.05) is 5.32 Å². The molecule has 106 valence electrons. The molecule has 2 unspecified atom stereocenters. The Balaban J connectivity index is 2.05. The van der Waals surface area contributed by atoms with E-state index in [1.54, 1.807) is 13.0 Å². The maximum Gasteiger partial charge on any atom is 0.410 e. The fourth-order valence-corrected chi connectivity index (χ4v) is 2.51. The number of benzene rings is 1. The molecule has 0 fully saturated rings. The molecule has 1 aromatic heterocycles. The first-order chi connectivity index (χ1) is 9.45. The molecule has 2 atom stereocenters. The van der Waals surface area contributed by atoms with Crippen LogP contribution in [0.3, 0.4) is 0 Å². The second kappa shape index (κ2) is 4.54. The van der Waals surface area contributed by atoms with E-state index in [1.807, 2.05) is 30.3 Å². The molecule has 0 bridgehead atoms. The van der Waals surface area contributed by atoms with Crippen molar-refractivity contribution < 1.29 is 13.2 Å². The fraction of sp³-hybridized carbons (Fsp3) is 0.357. The molecule has 3 nitrogen and oxygen atoms in total. The molecule has 2 heterocycles. The number of fused-ring (bicyclic) bond motifs is 1. The zero-order valence-electron chi connectivity index (χ0n) is 10.9. The molecule has 3 rings (SSSR count). The Morgan fingerprint density at radius 1 is 1.25 bits per heavy atom. The van der Waals surface area contributed by atoms with E-state index in [0.29, 0.717) is 11.5 Å². The fourth-order valence-electron chi connectivity index (χ4n) is 2.51. The lowest BCUT2D eigenvalue weighted by Gasteiger charge is -2.31. The summed E-state index contributed by atoms with van der Waals surface area (Å²) in [6, 6.07) is 9.08. The Labute approximate surface area is 114 Å². The Hall–Kier alpha value is -1.98. The Bertz CT molecular complexity index is 604. The van der Waals surface area contributed by atoms with E-state index in [4.69, 9.17) is 0 Å². The lowest BCUT2D eigenvalue weighted by atomic mass is 10.1. The minimum Gasteiger partial charge on any atom is -0.368 e. The third kappa shape index (κ3) is 2.26. The molecule has 0 spiro atoms. The molecule has 1 aliphatic rings. The molecule has 0 amide bonds. The predicted octanol–water partition coefficient (Wildman–Crippen LogP) is 3.86. The number of anilines is 1. The van der Waals surface area contributed by atoms with Gasteiger partial charge < -0.3 is 5.32 Å². The van der Waals surface area contributed by atoms with Gasteiger partial charge in [-0.3, -0.25) is 0 Å². The Morgan fingerprint density at radius 2 is 1.95 bits per heavy atom. The second-order valence-electron chi connectivity index (χ2n) is 5.06. The van der Waals surface area contributed by atoms with Gasteiger partial charge in [0.15, 0.2) is 6.04 Å². The van der Waals surface area contributed by atoms with Crippen LogP contribution in [-0.4, -0.2) is 22.0 Å². The summed E-state index contributed by atoms with van der Waals surface area (Å²) < 4.78 is 40.4. The van der Waals surface area contributed by atoms with E-state index in [9.17, 15) is 13.2 Å². The van der Waals surface area contributed by atoms with Crippen LogP contribution in [0, 0.1) is 0 Å². The van der Waals surface area contributed by atoms with E-state index in [2.05, 4.69) is 10.4 Å². The number of rotatable bonds is 1. The second-order valence-corrected chi connectivity index (χ2v) is 5.06. The third-order valence-electron chi connectivity index (χ3n) is 3.45.